The maximum atomic E-state index is 10.8. The molecule has 1 heterocycles. The normalized spacial score (nSPS) is 9.09. The highest BCUT2D eigenvalue weighted by molar-refractivity contribution is 5.32. The number of hydrogen-bond acceptors (Lipinski definition) is 2. The minimum Gasteiger partial charge on any atom is -0.325 e. The van der Waals surface area contributed by atoms with E-state index in [-0.39, 0.29) is 5.56 Å². The van der Waals surface area contributed by atoms with Gasteiger partial charge < -0.3 is 4.98 Å². The summed E-state index contributed by atoms with van der Waals surface area (Å²) in [6.45, 7) is 1.89. The quantitative estimate of drug-likeness (QED) is 0.640. The molecule has 3 nitrogen and oxygen atoms in total. The van der Waals surface area contributed by atoms with Crippen LogP contribution in [0.4, 0.5) is 0 Å². The van der Waals surface area contributed by atoms with Gasteiger partial charge in [-0.15, -0.1) is 0 Å². The molecule has 0 spiro atoms. The highest BCUT2D eigenvalue weighted by Gasteiger charge is 1.98. The van der Waals surface area contributed by atoms with Crippen molar-refractivity contribution in [3.63, 3.8) is 0 Å². The van der Waals surface area contributed by atoms with Gasteiger partial charge in [-0.1, -0.05) is 6.92 Å². The Morgan fingerprint density at radius 3 is 2.91 bits per heavy atom. The fraction of sp³-hybridized carbons (Fsp3) is 0.250. The minimum absolute atomic E-state index is 0.152. The lowest BCUT2D eigenvalue weighted by Crippen LogP contribution is -2.07. The average molecular weight is 148 g/mol. The van der Waals surface area contributed by atoms with Crippen LogP contribution >= 0.6 is 0 Å². The third kappa shape index (κ3) is 1.47. The second-order valence-corrected chi connectivity index (χ2v) is 2.18. The second kappa shape index (κ2) is 3.02. The molecular weight excluding hydrogens is 140 g/mol. The van der Waals surface area contributed by atoms with E-state index in [2.05, 4.69) is 4.98 Å². The molecule has 11 heavy (non-hydrogen) atoms. The van der Waals surface area contributed by atoms with Gasteiger partial charge >= 0.3 is 0 Å². The number of aryl methyl sites for hydroxylation is 1. The van der Waals surface area contributed by atoms with E-state index >= 15 is 0 Å². The van der Waals surface area contributed by atoms with Crippen molar-refractivity contribution < 1.29 is 0 Å². The van der Waals surface area contributed by atoms with Gasteiger partial charge in [-0.2, -0.15) is 5.26 Å². The first kappa shape index (κ1) is 7.55. The molecule has 0 amide bonds. The van der Waals surface area contributed by atoms with E-state index in [1.807, 2.05) is 13.0 Å². The second-order valence-electron chi connectivity index (χ2n) is 2.18. The van der Waals surface area contributed by atoms with E-state index in [0.717, 1.165) is 0 Å². The lowest BCUT2D eigenvalue weighted by atomic mass is 10.2. The van der Waals surface area contributed by atoms with Crippen LogP contribution in [0.1, 0.15) is 18.2 Å². The molecule has 0 fully saturated rings. The van der Waals surface area contributed by atoms with Crippen molar-refractivity contribution in [1.82, 2.24) is 4.98 Å². The van der Waals surface area contributed by atoms with Crippen molar-refractivity contribution in [3.8, 4) is 6.07 Å². The van der Waals surface area contributed by atoms with Crippen molar-refractivity contribution in [3.05, 3.63) is 33.7 Å². The number of pyridine rings is 1. The van der Waals surface area contributed by atoms with Crippen LogP contribution in [0.2, 0.25) is 0 Å². The van der Waals surface area contributed by atoms with Gasteiger partial charge in [0.05, 0.1) is 5.56 Å². The first-order valence-electron chi connectivity index (χ1n) is 3.40. The Kier molecular flexibility index (Phi) is 2.07. The van der Waals surface area contributed by atoms with E-state index in [1.165, 1.54) is 12.1 Å². The van der Waals surface area contributed by atoms with Crippen molar-refractivity contribution >= 4 is 0 Å². The molecular formula is C8H8N2O. The van der Waals surface area contributed by atoms with Crippen LogP contribution in [-0.4, -0.2) is 4.98 Å². The smallest absolute Gasteiger partial charge is 0.248 e. The molecule has 0 unspecified atom stereocenters. The molecule has 3 heteroatoms. The van der Waals surface area contributed by atoms with Gasteiger partial charge in [0.15, 0.2) is 0 Å². The topological polar surface area (TPSA) is 56.6 Å². The third-order valence-corrected chi connectivity index (χ3v) is 1.47. The van der Waals surface area contributed by atoms with Crippen LogP contribution in [0.15, 0.2) is 16.9 Å². The molecule has 0 bridgehead atoms. The van der Waals surface area contributed by atoms with Crippen LogP contribution in [-0.2, 0) is 6.42 Å². The maximum Gasteiger partial charge on any atom is 0.248 e. The third-order valence-electron chi connectivity index (χ3n) is 1.47. The lowest BCUT2D eigenvalue weighted by molar-refractivity contribution is 1.00. The first-order valence-corrected chi connectivity index (χ1v) is 3.40. The Balaban J connectivity index is 3.30. The molecule has 0 aliphatic carbocycles. The van der Waals surface area contributed by atoms with Crippen molar-refractivity contribution in [2.75, 3.05) is 0 Å². The predicted octanol–water partition coefficient (Wildman–Crippen LogP) is 0.809. The zero-order chi connectivity index (χ0) is 8.27. The monoisotopic (exact) mass is 148 g/mol. The molecule has 0 radical (unpaired) electrons. The SMILES string of the molecule is CCc1[nH]c(=O)ccc1C#N. The molecule has 0 saturated carbocycles. The summed E-state index contributed by atoms with van der Waals surface area (Å²) in [5.41, 5.74) is 1.10. The fourth-order valence-corrected chi connectivity index (χ4v) is 0.901. The number of H-pyrrole nitrogens is 1. The molecule has 0 aliphatic rings. The highest BCUT2D eigenvalue weighted by atomic mass is 16.1. The number of hydrogen-bond donors (Lipinski definition) is 1. The Bertz CT molecular complexity index is 346. The summed E-state index contributed by atoms with van der Waals surface area (Å²) in [5, 5.41) is 8.57. The van der Waals surface area contributed by atoms with Crippen molar-refractivity contribution in [1.29, 1.82) is 5.26 Å². The molecule has 1 N–H and O–H groups in total. The lowest BCUT2D eigenvalue weighted by Gasteiger charge is -1.96. The summed E-state index contributed by atoms with van der Waals surface area (Å²) >= 11 is 0. The van der Waals surface area contributed by atoms with Gasteiger partial charge in [-0.25, -0.2) is 0 Å². The van der Waals surface area contributed by atoms with Crippen molar-refractivity contribution in [2.24, 2.45) is 0 Å². The molecule has 0 aromatic carbocycles. The predicted molar refractivity (Wildman–Crippen MR) is 41.2 cm³/mol. The van der Waals surface area contributed by atoms with Gasteiger partial charge in [-0.05, 0) is 12.5 Å². The Morgan fingerprint density at radius 2 is 2.36 bits per heavy atom. The summed E-state index contributed by atoms with van der Waals surface area (Å²) in [6, 6.07) is 4.90. The molecule has 0 saturated heterocycles. The molecule has 0 atom stereocenters. The van der Waals surface area contributed by atoms with E-state index < -0.39 is 0 Å². The summed E-state index contributed by atoms with van der Waals surface area (Å²) in [5.74, 6) is 0. The first-order chi connectivity index (χ1) is 5.27. The molecule has 56 valence electrons. The van der Waals surface area contributed by atoms with Crippen LogP contribution < -0.4 is 5.56 Å². The van der Waals surface area contributed by atoms with Crippen LogP contribution in [0, 0.1) is 11.3 Å². The van der Waals surface area contributed by atoms with Gasteiger partial charge in [0.25, 0.3) is 0 Å². The fourth-order valence-electron chi connectivity index (χ4n) is 0.901. The maximum absolute atomic E-state index is 10.8. The molecule has 0 aliphatic heterocycles. The van der Waals surface area contributed by atoms with Gasteiger partial charge in [-0.3, -0.25) is 4.79 Å². The molecule has 1 aromatic rings. The zero-order valence-electron chi connectivity index (χ0n) is 6.22. The van der Waals surface area contributed by atoms with Crippen LogP contribution in [0.25, 0.3) is 0 Å². The summed E-state index contributed by atoms with van der Waals surface area (Å²) in [4.78, 5) is 13.4. The number of nitrogens with one attached hydrogen (secondary N) is 1. The van der Waals surface area contributed by atoms with E-state index in [4.69, 9.17) is 5.26 Å². The largest absolute Gasteiger partial charge is 0.325 e. The Morgan fingerprint density at radius 1 is 1.64 bits per heavy atom. The van der Waals surface area contributed by atoms with E-state index in [9.17, 15) is 4.79 Å². The van der Waals surface area contributed by atoms with Crippen molar-refractivity contribution in [2.45, 2.75) is 13.3 Å². The summed E-state index contributed by atoms with van der Waals surface area (Å²) in [7, 11) is 0. The van der Waals surface area contributed by atoms with Gasteiger partial charge in [0.2, 0.25) is 5.56 Å². The minimum atomic E-state index is -0.152. The van der Waals surface area contributed by atoms with Crippen LogP contribution in [0.5, 0.6) is 0 Å². The summed E-state index contributed by atoms with van der Waals surface area (Å²) < 4.78 is 0. The number of rotatable bonds is 1. The number of nitriles is 1. The van der Waals surface area contributed by atoms with Gasteiger partial charge in [0, 0.05) is 11.8 Å². The standard InChI is InChI=1S/C8H8N2O/c1-2-7-6(5-9)3-4-8(11)10-7/h3-4H,2H2,1H3,(H,10,11). The summed E-state index contributed by atoms with van der Waals surface area (Å²) in [6.07, 6.45) is 0.680. The molecule has 1 aromatic heterocycles. The van der Waals surface area contributed by atoms with E-state index in [0.29, 0.717) is 17.7 Å². The molecule has 1 rings (SSSR count). The number of aromatic nitrogens is 1. The average Bonchev–Trinajstić information content (AvgIpc) is 2.04. The zero-order valence-corrected chi connectivity index (χ0v) is 6.22. The van der Waals surface area contributed by atoms with E-state index in [1.54, 1.807) is 0 Å². The van der Waals surface area contributed by atoms with Crippen LogP contribution in [0.3, 0.4) is 0 Å². The highest BCUT2D eigenvalue weighted by Crippen LogP contribution is 2.00. The van der Waals surface area contributed by atoms with Gasteiger partial charge in [0.1, 0.15) is 6.07 Å². The Hall–Kier alpha value is -1.56. The Labute approximate surface area is 64.3 Å². The number of aromatic amines is 1. The number of nitrogens with zero attached hydrogens (tertiary/aromatic N) is 1.